The van der Waals surface area contributed by atoms with Gasteiger partial charge in [0.25, 0.3) is 0 Å². The Balaban J connectivity index is -0.0000000646. The van der Waals surface area contributed by atoms with E-state index >= 15 is 0 Å². The zero-order valence-electron chi connectivity index (χ0n) is 5.93. The molecule has 0 aliphatic heterocycles. The Morgan fingerprint density at radius 1 is 1.22 bits per heavy atom. The maximum atomic E-state index is 8.06. The monoisotopic (exact) mass is 176 g/mol. The van der Waals surface area contributed by atoms with Gasteiger partial charge in [-0.3, -0.25) is 0 Å². The van der Waals surface area contributed by atoms with Gasteiger partial charge in [0.1, 0.15) is 0 Å². The van der Waals surface area contributed by atoms with Crippen LogP contribution in [0.4, 0.5) is 0 Å². The highest BCUT2D eigenvalue weighted by molar-refractivity contribution is 6.40. The molecular formula is C5H14Cl2O2. The standard InChI is InChI=1S/C3H8O.CH2Cl2.CH4O/c1-3(2)4;2-1-3;1-2/h3-4H,1-2H3;1H2;2H,1H3. The van der Waals surface area contributed by atoms with Crippen molar-refractivity contribution in [2.24, 2.45) is 0 Å². The molecule has 0 aliphatic rings. The summed E-state index contributed by atoms with van der Waals surface area (Å²) in [7, 11) is 1.00. The van der Waals surface area contributed by atoms with Gasteiger partial charge in [0.05, 0.1) is 5.34 Å². The molecule has 0 atom stereocenters. The Labute approximate surface area is 66.4 Å². The Morgan fingerprint density at radius 2 is 1.22 bits per heavy atom. The summed E-state index contributed by atoms with van der Waals surface area (Å²) in [6.45, 7) is 3.44. The second kappa shape index (κ2) is 23.6. The molecule has 4 heteroatoms. The minimum Gasteiger partial charge on any atom is -0.400 e. The molecule has 2 N–H and O–H groups in total. The van der Waals surface area contributed by atoms with E-state index < -0.39 is 0 Å². The SMILES string of the molecule is CC(C)O.CO.ClCCl. The Kier molecular flexibility index (Phi) is 42.6. The van der Waals surface area contributed by atoms with Crippen molar-refractivity contribution < 1.29 is 10.2 Å². The van der Waals surface area contributed by atoms with Gasteiger partial charge in [-0.1, -0.05) is 0 Å². The Hall–Kier alpha value is 0.500. The molecule has 0 amide bonds. The van der Waals surface area contributed by atoms with Crippen LogP contribution in [0.2, 0.25) is 0 Å². The fourth-order valence-electron chi connectivity index (χ4n) is 0. The fraction of sp³-hybridized carbons (Fsp3) is 1.00. The normalized spacial score (nSPS) is 6.67. The molecule has 0 aromatic carbocycles. The average molecular weight is 177 g/mol. The molecule has 0 aromatic heterocycles. The third-order valence-corrected chi connectivity index (χ3v) is 0. The number of alkyl halides is 2. The van der Waals surface area contributed by atoms with E-state index in [1.807, 2.05) is 0 Å². The molecule has 0 rings (SSSR count). The summed E-state index contributed by atoms with van der Waals surface area (Å²) >= 11 is 9.53. The summed E-state index contributed by atoms with van der Waals surface area (Å²) in [4.78, 5) is 0. The van der Waals surface area contributed by atoms with E-state index in [0.717, 1.165) is 7.11 Å². The molecule has 0 aromatic rings. The number of aliphatic hydroxyl groups excluding tert-OH is 2. The Bertz CT molecular complexity index is 24.2. The molecule has 0 bridgehead atoms. The Morgan fingerprint density at radius 3 is 1.22 bits per heavy atom. The highest BCUT2D eigenvalue weighted by Crippen LogP contribution is 1.73. The van der Waals surface area contributed by atoms with E-state index in [1.165, 1.54) is 0 Å². The molecule has 0 saturated carbocycles. The van der Waals surface area contributed by atoms with Crippen LogP contribution in [0.25, 0.3) is 0 Å². The van der Waals surface area contributed by atoms with E-state index in [2.05, 4.69) is 0 Å². The molecule has 0 spiro atoms. The molecule has 0 heterocycles. The van der Waals surface area contributed by atoms with Crippen molar-refractivity contribution >= 4 is 23.2 Å². The molecule has 0 fully saturated rings. The second-order valence-electron chi connectivity index (χ2n) is 1.19. The minimum absolute atomic E-state index is 0.167. The van der Waals surface area contributed by atoms with Crippen molar-refractivity contribution in [3.05, 3.63) is 0 Å². The van der Waals surface area contributed by atoms with Crippen LogP contribution < -0.4 is 0 Å². The number of halogens is 2. The lowest BCUT2D eigenvalue weighted by Gasteiger charge is -1.80. The lowest BCUT2D eigenvalue weighted by molar-refractivity contribution is 0.216. The van der Waals surface area contributed by atoms with Gasteiger partial charge < -0.3 is 10.2 Å². The predicted octanol–water partition coefficient (Wildman–Crippen LogP) is 1.42. The lowest BCUT2D eigenvalue weighted by Crippen LogP contribution is -1.85. The first kappa shape index (κ1) is 16.2. The molecule has 0 aliphatic carbocycles. The van der Waals surface area contributed by atoms with Crippen molar-refractivity contribution in [3.63, 3.8) is 0 Å². The minimum atomic E-state index is -0.167. The maximum Gasteiger partial charge on any atom is 0.0967 e. The first-order valence-corrected chi connectivity index (χ1v) is 3.46. The van der Waals surface area contributed by atoms with E-state index in [-0.39, 0.29) is 11.4 Å². The van der Waals surface area contributed by atoms with Crippen LogP contribution in [-0.4, -0.2) is 28.8 Å². The summed E-state index contributed by atoms with van der Waals surface area (Å²) in [5, 5.41) is 15.2. The summed E-state index contributed by atoms with van der Waals surface area (Å²) in [6.07, 6.45) is -0.167. The van der Waals surface area contributed by atoms with Crippen LogP contribution in [0.5, 0.6) is 0 Å². The van der Waals surface area contributed by atoms with E-state index in [1.54, 1.807) is 13.8 Å². The highest BCUT2D eigenvalue weighted by Gasteiger charge is 1.69. The fourth-order valence-corrected chi connectivity index (χ4v) is 0. The smallest absolute Gasteiger partial charge is 0.0967 e. The van der Waals surface area contributed by atoms with E-state index in [4.69, 9.17) is 33.4 Å². The van der Waals surface area contributed by atoms with Crippen LogP contribution in [0.3, 0.4) is 0 Å². The molecule has 9 heavy (non-hydrogen) atoms. The third kappa shape index (κ3) is 1440. The molecule has 60 valence electrons. The van der Waals surface area contributed by atoms with Gasteiger partial charge in [0, 0.05) is 13.2 Å². The maximum absolute atomic E-state index is 8.06. The van der Waals surface area contributed by atoms with Crippen LogP contribution in [0.1, 0.15) is 13.8 Å². The first-order chi connectivity index (χ1) is 4.15. The van der Waals surface area contributed by atoms with Crippen molar-refractivity contribution in [2.45, 2.75) is 20.0 Å². The summed E-state index contributed by atoms with van der Waals surface area (Å²) in [5.74, 6) is 0. The van der Waals surface area contributed by atoms with Crippen LogP contribution in [0.15, 0.2) is 0 Å². The molecule has 2 nitrogen and oxygen atoms in total. The van der Waals surface area contributed by atoms with Gasteiger partial charge in [0.2, 0.25) is 0 Å². The summed E-state index contributed by atoms with van der Waals surface area (Å²) in [5.41, 5.74) is 0. The molecule has 0 unspecified atom stereocenters. The molecule has 0 radical (unpaired) electrons. The van der Waals surface area contributed by atoms with Crippen molar-refractivity contribution in [2.75, 3.05) is 12.4 Å². The van der Waals surface area contributed by atoms with Gasteiger partial charge >= 0.3 is 0 Å². The van der Waals surface area contributed by atoms with Crippen LogP contribution >= 0.6 is 23.2 Å². The van der Waals surface area contributed by atoms with E-state index in [9.17, 15) is 0 Å². The number of hydrogen-bond acceptors (Lipinski definition) is 2. The van der Waals surface area contributed by atoms with Crippen LogP contribution in [0, 0.1) is 0 Å². The lowest BCUT2D eigenvalue weighted by atomic mass is 10.5. The summed E-state index contributed by atoms with van der Waals surface area (Å²) in [6, 6.07) is 0. The second-order valence-corrected chi connectivity index (χ2v) is 2.00. The van der Waals surface area contributed by atoms with Gasteiger partial charge in [-0.25, -0.2) is 0 Å². The third-order valence-electron chi connectivity index (χ3n) is 0. The van der Waals surface area contributed by atoms with Crippen LogP contribution in [-0.2, 0) is 0 Å². The number of aliphatic hydroxyl groups is 2. The largest absolute Gasteiger partial charge is 0.400 e. The quantitative estimate of drug-likeness (QED) is 0.549. The van der Waals surface area contributed by atoms with Gasteiger partial charge in [-0.05, 0) is 13.8 Å². The van der Waals surface area contributed by atoms with Gasteiger partial charge in [0.15, 0.2) is 0 Å². The van der Waals surface area contributed by atoms with Gasteiger partial charge in [-0.2, -0.15) is 0 Å². The van der Waals surface area contributed by atoms with E-state index in [0.29, 0.717) is 0 Å². The van der Waals surface area contributed by atoms with Crippen molar-refractivity contribution in [1.82, 2.24) is 0 Å². The zero-order chi connectivity index (χ0) is 8.28. The first-order valence-electron chi connectivity index (χ1n) is 2.39. The zero-order valence-corrected chi connectivity index (χ0v) is 7.45. The summed E-state index contributed by atoms with van der Waals surface area (Å²) < 4.78 is 0. The van der Waals surface area contributed by atoms with Crippen molar-refractivity contribution in [3.8, 4) is 0 Å². The molecule has 0 saturated heterocycles. The average Bonchev–Trinajstić information content (AvgIpc) is 1.71. The topological polar surface area (TPSA) is 40.5 Å². The highest BCUT2D eigenvalue weighted by atomic mass is 35.5. The molecular weight excluding hydrogens is 163 g/mol. The predicted molar refractivity (Wildman–Crippen MR) is 42.1 cm³/mol. The number of hydrogen-bond donors (Lipinski definition) is 2. The van der Waals surface area contributed by atoms with Gasteiger partial charge in [-0.15, -0.1) is 23.2 Å². The van der Waals surface area contributed by atoms with Crippen molar-refractivity contribution in [1.29, 1.82) is 0 Å². The number of rotatable bonds is 0.